The molecule has 1 heterocycles. The smallest absolute Gasteiger partial charge is 0.138 e. The fraction of sp³-hybridized carbons (Fsp3) is 0.368. The third kappa shape index (κ3) is 3.13. The van der Waals surface area contributed by atoms with Gasteiger partial charge in [-0.3, -0.25) is 0 Å². The molecule has 1 atom stereocenters. The average molecular weight is 316 g/mol. The SMILES string of the molecule is CC(C)(c1ccccc1)c1ccc(OC2CCNC2)c(Cl)c1. The minimum Gasteiger partial charge on any atom is -0.487 e. The van der Waals surface area contributed by atoms with Gasteiger partial charge in [0.05, 0.1) is 5.02 Å². The number of nitrogens with one attached hydrogen (secondary N) is 1. The number of hydrogen-bond donors (Lipinski definition) is 1. The number of ether oxygens (including phenoxy) is 1. The van der Waals surface area contributed by atoms with Crippen LogP contribution in [0.1, 0.15) is 31.4 Å². The summed E-state index contributed by atoms with van der Waals surface area (Å²) >= 11 is 6.46. The third-order valence-electron chi connectivity index (χ3n) is 4.46. The molecule has 3 heteroatoms. The van der Waals surface area contributed by atoms with E-state index in [1.807, 2.05) is 18.2 Å². The summed E-state index contributed by atoms with van der Waals surface area (Å²) in [4.78, 5) is 0. The van der Waals surface area contributed by atoms with Gasteiger partial charge in [0.25, 0.3) is 0 Å². The molecule has 3 rings (SSSR count). The molecule has 2 aromatic rings. The van der Waals surface area contributed by atoms with E-state index in [2.05, 4.69) is 49.5 Å². The molecule has 0 aromatic heterocycles. The Morgan fingerprint density at radius 2 is 1.86 bits per heavy atom. The number of hydrogen-bond acceptors (Lipinski definition) is 2. The summed E-state index contributed by atoms with van der Waals surface area (Å²) in [5.74, 6) is 0.781. The highest BCUT2D eigenvalue weighted by atomic mass is 35.5. The summed E-state index contributed by atoms with van der Waals surface area (Å²) in [6.07, 6.45) is 1.26. The van der Waals surface area contributed by atoms with Gasteiger partial charge in [-0.1, -0.05) is 61.8 Å². The second kappa shape index (κ2) is 6.31. The van der Waals surface area contributed by atoms with Gasteiger partial charge in [-0.15, -0.1) is 0 Å². The fourth-order valence-corrected chi connectivity index (χ4v) is 3.14. The zero-order valence-electron chi connectivity index (χ0n) is 13.1. The molecule has 0 amide bonds. The van der Waals surface area contributed by atoms with Crippen molar-refractivity contribution in [1.29, 1.82) is 0 Å². The van der Waals surface area contributed by atoms with Crippen molar-refractivity contribution in [3.05, 3.63) is 64.7 Å². The van der Waals surface area contributed by atoms with Gasteiger partial charge in [-0.2, -0.15) is 0 Å². The van der Waals surface area contributed by atoms with Crippen molar-refractivity contribution in [3.63, 3.8) is 0 Å². The van der Waals surface area contributed by atoms with Crippen LogP contribution in [0.15, 0.2) is 48.5 Å². The van der Waals surface area contributed by atoms with E-state index < -0.39 is 0 Å². The van der Waals surface area contributed by atoms with Crippen molar-refractivity contribution in [1.82, 2.24) is 5.32 Å². The average Bonchev–Trinajstić information content (AvgIpc) is 3.03. The second-order valence-corrected chi connectivity index (χ2v) is 6.78. The summed E-state index contributed by atoms with van der Waals surface area (Å²) in [6.45, 7) is 6.35. The van der Waals surface area contributed by atoms with Gasteiger partial charge in [0.1, 0.15) is 11.9 Å². The Hall–Kier alpha value is -1.51. The number of rotatable bonds is 4. The van der Waals surface area contributed by atoms with E-state index >= 15 is 0 Å². The zero-order chi connectivity index (χ0) is 15.6. The highest BCUT2D eigenvalue weighted by molar-refractivity contribution is 6.32. The molecule has 1 fully saturated rings. The first kappa shape index (κ1) is 15.4. The predicted octanol–water partition coefficient (Wildman–Crippen LogP) is 4.41. The minimum atomic E-state index is -0.0850. The standard InChI is InChI=1S/C19H22ClNO/c1-19(2,14-6-4-3-5-7-14)15-8-9-18(17(20)12-15)22-16-10-11-21-13-16/h3-9,12,16,21H,10-11,13H2,1-2H3. The predicted molar refractivity (Wildman–Crippen MR) is 91.9 cm³/mol. The second-order valence-electron chi connectivity index (χ2n) is 6.37. The molecule has 1 N–H and O–H groups in total. The molecule has 0 saturated carbocycles. The van der Waals surface area contributed by atoms with Gasteiger partial charge in [0, 0.05) is 12.0 Å². The van der Waals surface area contributed by atoms with Crippen LogP contribution >= 0.6 is 11.6 Å². The van der Waals surface area contributed by atoms with Crippen molar-refractivity contribution in [2.24, 2.45) is 0 Å². The first-order valence-corrected chi connectivity index (χ1v) is 8.18. The minimum absolute atomic E-state index is 0.0850. The van der Waals surface area contributed by atoms with E-state index in [0.29, 0.717) is 5.02 Å². The summed E-state index contributed by atoms with van der Waals surface area (Å²) in [6, 6.07) is 16.7. The zero-order valence-corrected chi connectivity index (χ0v) is 13.9. The van der Waals surface area contributed by atoms with Gasteiger partial charge in [0.2, 0.25) is 0 Å². The van der Waals surface area contributed by atoms with Gasteiger partial charge < -0.3 is 10.1 Å². The molecule has 0 radical (unpaired) electrons. The normalized spacial score (nSPS) is 18.4. The topological polar surface area (TPSA) is 21.3 Å². The molecule has 2 nitrogen and oxygen atoms in total. The van der Waals surface area contributed by atoms with Crippen molar-refractivity contribution < 1.29 is 4.74 Å². The van der Waals surface area contributed by atoms with E-state index in [1.165, 1.54) is 11.1 Å². The Morgan fingerprint density at radius 3 is 2.50 bits per heavy atom. The Labute approximate surface area is 137 Å². The maximum absolute atomic E-state index is 6.46. The molecule has 0 spiro atoms. The van der Waals surface area contributed by atoms with Crippen LogP contribution in [-0.4, -0.2) is 19.2 Å². The van der Waals surface area contributed by atoms with Gasteiger partial charge in [0.15, 0.2) is 0 Å². The van der Waals surface area contributed by atoms with E-state index in [0.717, 1.165) is 25.3 Å². The largest absolute Gasteiger partial charge is 0.487 e. The Morgan fingerprint density at radius 1 is 1.09 bits per heavy atom. The summed E-state index contributed by atoms with van der Waals surface area (Å²) < 4.78 is 5.99. The molecular weight excluding hydrogens is 294 g/mol. The highest BCUT2D eigenvalue weighted by Crippen LogP contribution is 2.36. The van der Waals surface area contributed by atoms with E-state index in [-0.39, 0.29) is 11.5 Å². The van der Waals surface area contributed by atoms with Crippen molar-refractivity contribution in [2.45, 2.75) is 31.8 Å². The van der Waals surface area contributed by atoms with Crippen molar-refractivity contribution in [2.75, 3.05) is 13.1 Å². The maximum Gasteiger partial charge on any atom is 0.138 e. The van der Waals surface area contributed by atoms with E-state index in [1.54, 1.807) is 0 Å². The lowest BCUT2D eigenvalue weighted by molar-refractivity contribution is 0.223. The molecule has 116 valence electrons. The van der Waals surface area contributed by atoms with Gasteiger partial charge >= 0.3 is 0 Å². The molecule has 1 aliphatic heterocycles. The quantitative estimate of drug-likeness (QED) is 0.902. The van der Waals surface area contributed by atoms with Gasteiger partial charge in [-0.05, 0) is 36.2 Å². The van der Waals surface area contributed by atoms with E-state index in [9.17, 15) is 0 Å². The molecule has 2 aromatic carbocycles. The number of halogens is 1. The van der Waals surface area contributed by atoms with Crippen LogP contribution in [0, 0.1) is 0 Å². The van der Waals surface area contributed by atoms with Crippen LogP contribution in [0.4, 0.5) is 0 Å². The molecule has 22 heavy (non-hydrogen) atoms. The maximum atomic E-state index is 6.46. The Balaban J connectivity index is 1.84. The van der Waals surface area contributed by atoms with Crippen LogP contribution in [0.2, 0.25) is 5.02 Å². The molecule has 0 aliphatic carbocycles. The lowest BCUT2D eigenvalue weighted by Crippen LogP contribution is -2.21. The summed E-state index contributed by atoms with van der Waals surface area (Å²) in [5, 5.41) is 3.99. The van der Waals surface area contributed by atoms with Crippen LogP contribution < -0.4 is 10.1 Å². The lowest BCUT2D eigenvalue weighted by atomic mass is 9.78. The van der Waals surface area contributed by atoms with Crippen LogP contribution in [0.3, 0.4) is 0 Å². The van der Waals surface area contributed by atoms with Crippen molar-refractivity contribution in [3.8, 4) is 5.75 Å². The molecule has 1 saturated heterocycles. The first-order chi connectivity index (χ1) is 10.6. The first-order valence-electron chi connectivity index (χ1n) is 7.80. The van der Waals surface area contributed by atoms with E-state index in [4.69, 9.17) is 16.3 Å². The Bertz CT molecular complexity index is 633. The number of benzene rings is 2. The molecule has 1 unspecified atom stereocenters. The molecule has 1 aliphatic rings. The fourth-order valence-electron chi connectivity index (χ4n) is 2.91. The summed E-state index contributed by atoms with van der Waals surface area (Å²) in [7, 11) is 0. The van der Waals surface area contributed by atoms with Crippen LogP contribution in [0.25, 0.3) is 0 Å². The Kier molecular flexibility index (Phi) is 4.42. The molecular formula is C19H22ClNO. The lowest BCUT2D eigenvalue weighted by Gasteiger charge is -2.27. The highest BCUT2D eigenvalue weighted by Gasteiger charge is 2.24. The van der Waals surface area contributed by atoms with Gasteiger partial charge in [-0.25, -0.2) is 0 Å². The van der Waals surface area contributed by atoms with Crippen LogP contribution in [-0.2, 0) is 5.41 Å². The molecule has 0 bridgehead atoms. The summed E-state index contributed by atoms with van der Waals surface area (Å²) in [5.41, 5.74) is 2.39. The monoisotopic (exact) mass is 315 g/mol. The third-order valence-corrected chi connectivity index (χ3v) is 4.75. The van der Waals surface area contributed by atoms with Crippen LogP contribution in [0.5, 0.6) is 5.75 Å². The van der Waals surface area contributed by atoms with Crippen molar-refractivity contribution >= 4 is 11.6 Å².